The topological polar surface area (TPSA) is 53.1 Å². The first-order valence-electron chi connectivity index (χ1n) is 9.30. The molecule has 0 aliphatic carbocycles. The number of para-hydroxylation sites is 1. The Kier molecular flexibility index (Phi) is 6.81. The van der Waals surface area contributed by atoms with Crippen molar-refractivity contribution < 1.29 is 18.7 Å². The molecule has 1 aliphatic rings. The second-order valence-electron chi connectivity index (χ2n) is 7.98. The van der Waals surface area contributed by atoms with Crippen LogP contribution in [-0.4, -0.2) is 67.2 Å². The molecule has 0 aromatic heterocycles. The molecule has 0 saturated carbocycles. The third-order valence-electron chi connectivity index (χ3n) is 4.56. The predicted molar refractivity (Wildman–Crippen MR) is 103 cm³/mol. The lowest BCUT2D eigenvalue weighted by Crippen LogP contribution is -2.41. The van der Waals surface area contributed by atoms with Gasteiger partial charge in [-0.1, -0.05) is 12.1 Å². The first kappa shape index (κ1) is 21.2. The lowest BCUT2D eigenvalue weighted by atomic mass is 10.2. The molecule has 0 N–H and O–H groups in total. The molecule has 2 amide bonds. The van der Waals surface area contributed by atoms with Crippen LogP contribution in [0, 0.1) is 5.82 Å². The highest BCUT2D eigenvalue weighted by molar-refractivity contribution is 5.99. The normalized spacial score (nSPS) is 17.5. The Labute approximate surface area is 160 Å². The molecular formula is C20H30FN3O3. The number of carbonyl (C=O) groups is 2. The largest absolute Gasteiger partial charge is 0.444 e. The number of ether oxygens (including phenoxy) is 1. The van der Waals surface area contributed by atoms with Crippen molar-refractivity contribution in [3.8, 4) is 0 Å². The van der Waals surface area contributed by atoms with Gasteiger partial charge in [-0.25, -0.2) is 9.18 Å². The fraction of sp³-hybridized carbons (Fsp3) is 0.600. The van der Waals surface area contributed by atoms with Crippen molar-refractivity contribution in [2.75, 3.05) is 38.6 Å². The molecule has 0 spiro atoms. The van der Waals surface area contributed by atoms with Gasteiger partial charge in [-0.15, -0.1) is 0 Å². The van der Waals surface area contributed by atoms with Crippen molar-refractivity contribution in [1.29, 1.82) is 0 Å². The van der Waals surface area contributed by atoms with Crippen molar-refractivity contribution in [2.24, 2.45) is 0 Å². The van der Waals surface area contributed by atoms with Gasteiger partial charge >= 0.3 is 6.09 Å². The van der Waals surface area contributed by atoms with Crippen LogP contribution in [0.15, 0.2) is 24.3 Å². The average Bonchev–Trinajstić information content (AvgIpc) is 2.95. The molecule has 1 aromatic carbocycles. The van der Waals surface area contributed by atoms with E-state index in [1.807, 2.05) is 32.7 Å². The van der Waals surface area contributed by atoms with Gasteiger partial charge in [-0.3, -0.25) is 9.69 Å². The highest BCUT2D eigenvalue weighted by Gasteiger charge is 2.36. The van der Waals surface area contributed by atoms with Crippen LogP contribution in [0.2, 0.25) is 0 Å². The Morgan fingerprint density at radius 1 is 1.26 bits per heavy atom. The van der Waals surface area contributed by atoms with Crippen LogP contribution in [-0.2, 0) is 9.53 Å². The first-order chi connectivity index (χ1) is 12.6. The summed E-state index contributed by atoms with van der Waals surface area (Å²) in [5.41, 5.74) is -0.183. The van der Waals surface area contributed by atoms with E-state index in [-0.39, 0.29) is 23.9 Å². The minimum Gasteiger partial charge on any atom is -0.444 e. The van der Waals surface area contributed by atoms with Crippen LogP contribution in [0.1, 0.15) is 33.6 Å². The summed E-state index contributed by atoms with van der Waals surface area (Å²) in [6.45, 7) is 7.21. The number of nitrogens with zero attached hydrogens (tertiary/aromatic N) is 3. The van der Waals surface area contributed by atoms with Gasteiger partial charge in [0.05, 0.1) is 11.7 Å². The van der Waals surface area contributed by atoms with E-state index in [2.05, 4.69) is 0 Å². The third-order valence-corrected chi connectivity index (χ3v) is 4.56. The number of hydrogen-bond acceptors (Lipinski definition) is 4. The average molecular weight is 379 g/mol. The Morgan fingerprint density at radius 2 is 1.93 bits per heavy atom. The molecule has 0 unspecified atom stereocenters. The van der Waals surface area contributed by atoms with E-state index in [4.69, 9.17) is 4.74 Å². The van der Waals surface area contributed by atoms with E-state index in [9.17, 15) is 14.0 Å². The summed E-state index contributed by atoms with van der Waals surface area (Å²) in [6, 6.07) is 6.08. The van der Waals surface area contributed by atoms with Gasteiger partial charge in [0.15, 0.2) is 0 Å². The number of carbonyl (C=O) groups excluding carboxylic acids is 2. The zero-order chi connectivity index (χ0) is 20.2. The Morgan fingerprint density at radius 3 is 2.56 bits per heavy atom. The molecule has 1 fully saturated rings. The molecule has 1 atom stereocenters. The highest BCUT2D eigenvalue weighted by atomic mass is 19.1. The van der Waals surface area contributed by atoms with Gasteiger partial charge in [0.2, 0.25) is 5.91 Å². The van der Waals surface area contributed by atoms with E-state index in [0.717, 1.165) is 6.42 Å². The lowest BCUT2D eigenvalue weighted by molar-refractivity contribution is -0.121. The number of benzene rings is 1. The minimum absolute atomic E-state index is 0.0805. The van der Waals surface area contributed by atoms with Crippen molar-refractivity contribution in [1.82, 2.24) is 9.80 Å². The van der Waals surface area contributed by atoms with Crippen molar-refractivity contribution in [3.63, 3.8) is 0 Å². The highest BCUT2D eigenvalue weighted by Crippen LogP contribution is 2.26. The third kappa shape index (κ3) is 5.66. The Hall–Kier alpha value is -2.15. The van der Waals surface area contributed by atoms with Crippen molar-refractivity contribution >= 4 is 17.7 Å². The van der Waals surface area contributed by atoms with Gasteiger partial charge in [-0.05, 0) is 52.8 Å². The van der Waals surface area contributed by atoms with E-state index >= 15 is 0 Å². The van der Waals surface area contributed by atoms with E-state index in [0.29, 0.717) is 31.7 Å². The Balaban J connectivity index is 1.83. The van der Waals surface area contributed by atoms with Gasteiger partial charge in [0.1, 0.15) is 11.4 Å². The van der Waals surface area contributed by atoms with Gasteiger partial charge in [0.25, 0.3) is 0 Å². The molecule has 1 aromatic rings. The summed E-state index contributed by atoms with van der Waals surface area (Å²) in [4.78, 5) is 29.7. The van der Waals surface area contributed by atoms with Crippen LogP contribution < -0.4 is 4.90 Å². The summed E-state index contributed by atoms with van der Waals surface area (Å²) in [5.74, 6) is -0.462. The molecule has 7 heteroatoms. The SMILES string of the molecule is CN(CCCN(C)[C@@H]1CCN(c2ccccc2F)C1=O)C(=O)OC(C)(C)C. The molecule has 1 aliphatic heterocycles. The molecular weight excluding hydrogens is 349 g/mol. The maximum Gasteiger partial charge on any atom is 0.410 e. The number of hydrogen-bond donors (Lipinski definition) is 0. The minimum atomic E-state index is -0.519. The smallest absolute Gasteiger partial charge is 0.410 e. The van der Waals surface area contributed by atoms with Crippen LogP contribution in [0.5, 0.6) is 0 Å². The van der Waals surface area contributed by atoms with Crippen LogP contribution in [0.25, 0.3) is 0 Å². The fourth-order valence-corrected chi connectivity index (χ4v) is 3.13. The zero-order valence-corrected chi connectivity index (χ0v) is 16.9. The number of anilines is 1. The summed E-state index contributed by atoms with van der Waals surface area (Å²) in [6.07, 6.45) is 1.02. The summed E-state index contributed by atoms with van der Waals surface area (Å²) >= 11 is 0. The van der Waals surface area contributed by atoms with E-state index in [1.165, 1.54) is 11.0 Å². The van der Waals surface area contributed by atoms with Crippen molar-refractivity contribution in [3.05, 3.63) is 30.1 Å². The maximum absolute atomic E-state index is 14.0. The molecule has 0 radical (unpaired) electrons. The van der Waals surface area contributed by atoms with Gasteiger partial charge < -0.3 is 14.5 Å². The van der Waals surface area contributed by atoms with Gasteiger partial charge in [0, 0.05) is 26.7 Å². The standard InChI is InChI=1S/C20H30FN3O3/c1-20(2,3)27-19(26)23(5)13-8-12-22(4)17-11-14-24(18(17)25)16-10-7-6-9-15(16)21/h6-7,9-10,17H,8,11-14H2,1-5H3/t17-/m1/s1. The lowest BCUT2D eigenvalue weighted by Gasteiger charge is -2.26. The second kappa shape index (κ2) is 8.69. The van der Waals surface area contributed by atoms with Crippen LogP contribution in [0.3, 0.4) is 0 Å². The Bertz CT molecular complexity index is 675. The van der Waals surface area contributed by atoms with E-state index in [1.54, 1.807) is 30.1 Å². The van der Waals surface area contributed by atoms with Crippen LogP contribution in [0.4, 0.5) is 14.9 Å². The quantitative estimate of drug-likeness (QED) is 0.762. The molecule has 27 heavy (non-hydrogen) atoms. The summed E-state index contributed by atoms with van der Waals surface area (Å²) in [5, 5.41) is 0. The van der Waals surface area contributed by atoms with Crippen molar-refractivity contribution in [2.45, 2.75) is 45.3 Å². The molecule has 1 heterocycles. The summed E-state index contributed by atoms with van der Waals surface area (Å²) in [7, 11) is 3.59. The first-order valence-corrected chi connectivity index (χ1v) is 9.30. The monoisotopic (exact) mass is 379 g/mol. The zero-order valence-electron chi connectivity index (χ0n) is 16.9. The molecule has 6 nitrogen and oxygen atoms in total. The molecule has 2 rings (SSSR count). The van der Waals surface area contributed by atoms with Crippen LogP contribution >= 0.6 is 0 Å². The number of halogens is 1. The number of likely N-dealkylation sites (N-methyl/N-ethyl adjacent to an activating group) is 1. The number of rotatable bonds is 6. The summed E-state index contributed by atoms with van der Waals surface area (Å²) < 4.78 is 19.3. The van der Waals surface area contributed by atoms with E-state index < -0.39 is 5.60 Å². The number of amides is 2. The molecule has 0 bridgehead atoms. The molecule has 1 saturated heterocycles. The predicted octanol–water partition coefficient (Wildman–Crippen LogP) is 3.12. The maximum atomic E-state index is 14.0. The second-order valence-corrected chi connectivity index (χ2v) is 7.98. The fourth-order valence-electron chi connectivity index (χ4n) is 3.13. The van der Waals surface area contributed by atoms with Gasteiger partial charge in [-0.2, -0.15) is 0 Å². The molecule has 150 valence electrons.